The Labute approximate surface area is 140 Å². The lowest BCUT2D eigenvalue weighted by molar-refractivity contribution is 0.628. The number of rotatable bonds is 3. The van der Waals surface area contributed by atoms with E-state index in [0.717, 1.165) is 16.5 Å². The Kier molecular flexibility index (Phi) is 4.18. The average Bonchev–Trinajstić information content (AvgIpc) is 2.99. The van der Waals surface area contributed by atoms with E-state index >= 15 is 0 Å². The van der Waals surface area contributed by atoms with Crippen LogP contribution in [0, 0.1) is 33.5 Å². The molecule has 4 heteroatoms. The minimum atomic E-state index is -0.239. The van der Waals surface area contributed by atoms with Crippen LogP contribution in [0.4, 0.5) is 15.2 Å². The second kappa shape index (κ2) is 6.13. The van der Waals surface area contributed by atoms with Gasteiger partial charge in [0.1, 0.15) is 5.82 Å². The number of thiazole rings is 1. The Morgan fingerprint density at radius 2 is 1.65 bits per heavy atom. The highest BCUT2D eigenvalue weighted by atomic mass is 32.1. The molecule has 1 aromatic heterocycles. The number of hydrogen-bond donors (Lipinski definition) is 1. The summed E-state index contributed by atoms with van der Waals surface area (Å²) in [4.78, 5) is 4.68. The molecule has 0 bridgehead atoms. The van der Waals surface area contributed by atoms with Crippen molar-refractivity contribution in [3.8, 4) is 11.3 Å². The van der Waals surface area contributed by atoms with Crippen LogP contribution in [0.15, 0.2) is 35.7 Å². The monoisotopic (exact) mass is 326 g/mol. The largest absolute Gasteiger partial charge is 0.332 e. The van der Waals surface area contributed by atoms with E-state index in [0.29, 0.717) is 0 Å². The van der Waals surface area contributed by atoms with Gasteiger partial charge in [-0.2, -0.15) is 0 Å². The Morgan fingerprint density at radius 1 is 0.957 bits per heavy atom. The molecule has 0 amide bonds. The maximum atomic E-state index is 13.0. The molecule has 0 saturated heterocycles. The van der Waals surface area contributed by atoms with E-state index in [1.165, 1.54) is 39.9 Å². The number of nitrogens with zero attached hydrogens (tertiary/aromatic N) is 1. The van der Waals surface area contributed by atoms with Gasteiger partial charge in [-0.15, -0.1) is 11.3 Å². The highest BCUT2D eigenvalue weighted by Gasteiger charge is 2.12. The van der Waals surface area contributed by atoms with E-state index in [2.05, 4.69) is 49.4 Å². The number of benzene rings is 2. The Balaban J connectivity index is 1.92. The van der Waals surface area contributed by atoms with Crippen molar-refractivity contribution in [2.75, 3.05) is 5.32 Å². The molecular weight excluding hydrogens is 307 g/mol. The van der Waals surface area contributed by atoms with Gasteiger partial charge in [-0.25, -0.2) is 9.37 Å². The zero-order chi connectivity index (χ0) is 16.6. The van der Waals surface area contributed by atoms with E-state index in [4.69, 9.17) is 0 Å². The summed E-state index contributed by atoms with van der Waals surface area (Å²) in [5.74, 6) is -0.239. The molecule has 0 aliphatic heterocycles. The van der Waals surface area contributed by atoms with Gasteiger partial charge in [0.05, 0.1) is 5.69 Å². The number of aryl methyl sites for hydroxylation is 1. The van der Waals surface area contributed by atoms with E-state index in [1.54, 1.807) is 23.5 Å². The number of anilines is 2. The van der Waals surface area contributed by atoms with Gasteiger partial charge in [-0.1, -0.05) is 0 Å². The van der Waals surface area contributed by atoms with Crippen molar-refractivity contribution in [2.45, 2.75) is 27.7 Å². The summed E-state index contributed by atoms with van der Waals surface area (Å²) in [5.41, 5.74) is 8.20. The molecule has 0 aliphatic carbocycles. The number of halogens is 1. The van der Waals surface area contributed by atoms with Gasteiger partial charge in [0.2, 0.25) is 0 Å². The van der Waals surface area contributed by atoms with Crippen molar-refractivity contribution in [3.05, 3.63) is 63.8 Å². The van der Waals surface area contributed by atoms with Gasteiger partial charge >= 0.3 is 0 Å². The van der Waals surface area contributed by atoms with E-state index in [-0.39, 0.29) is 5.82 Å². The molecule has 0 unspecified atom stereocenters. The van der Waals surface area contributed by atoms with Crippen LogP contribution in [-0.2, 0) is 0 Å². The molecule has 1 N–H and O–H groups in total. The zero-order valence-electron chi connectivity index (χ0n) is 13.7. The van der Waals surface area contributed by atoms with Crippen LogP contribution in [-0.4, -0.2) is 4.98 Å². The summed E-state index contributed by atoms with van der Waals surface area (Å²) in [6.45, 7) is 8.59. The van der Waals surface area contributed by atoms with Crippen LogP contribution in [0.5, 0.6) is 0 Å². The van der Waals surface area contributed by atoms with Crippen molar-refractivity contribution in [2.24, 2.45) is 0 Å². The fourth-order valence-electron chi connectivity index (χ4n) is 2.59. The first-order chi connectivity index (χ1) is 11.0. The third-order valence-corrected chi connectivity index (χ3v) is 5.11. The molecule has 0 aliphatic rings. The van der Waals surface area contributed by atoms with E-state index in [9.17, 15) is 4.39 Å². The highest BCUT2D eigenvalue weighted by Crippen LogP contribution is 2.32. The Bertz CT molecular complexity index is 851. The van der Waals surface area contributed by atoms with Crippen molar-refractivity contribution in [1.29, 1.82) is 0 Å². The molecule has 23 heavy (non-hydrogen) atoms. The van der Waals surface area contributed by atoms with Crippen LogP contribution in [0.3, 0.4) is 0 Å². The predicted molar refractivity (Wildman–Crippen MR) is 96.2 cm³/mol. The summed E-state index contributed by atoms with van der Waals surface area (Å²) in [7, 11) is 0. The van der Waals surface area contributed by atoms with Gasteiger partial charge in [-0.05, 0) is 80.3 Å². The average molecular weight is 326 g/mol. The molecule has 0 spiro atoms. The maximum Gasteiger partial charge on any atom is 0.187 e. The van der Waals surface area contributed by atoms with Crippen LogP contribution in [0.25, 0.3) is 11.3 Å². The topological polar surface area (TPSA) is 24.9 Å². The third-order valence-electron chi connectivity index (χ3n) is 4.36. The molecule has 3 aromatic rings. The summed E-state index contributed by atoms with van der Waals surface area (Å²) >= 11 is 1.55. The minimum absolute atomic E-state index is 0.239. The van der Waals surface area contributed by atoms with Crippen LogP contribution in [0.2, 0.25) is 0 Å². The molecule has 0 fully saturated rings. The van der Waals surface area contributed by atoms with Crippen LogP contribution in [0.1, 0.15) is 22.3 Å². The van der Waals surface area contributed by atoms with Crippen molar-refractivity contribution < 1.29 is 4.39 Å². The second-order valence-electron chi connectivity index (χ2n) is 5.79. The number of aromatic nitrogens is 1. The van der Waals surface area contributed by atoms with Crippen LogP contribution < -0.4 is 5.32 Å². The zero-order valence-corrected chi connectivity index (χ0v) is 14.5. The first-order valence-corrected chi connectivity index (χ1v) is 8.39. The first kappa shape index (κ1) is 15.7. The molecule has 2 nitrogen and oxygen atoms in total. The summed E-state index contributed by atoms with van der Waals surface area (Å²) < 4.78 is 13.0. The fourth-order valence-corrected chi connectivity index (χ4v) is 3.32. The van der Waals surface area contributed by atoms with Gasteiger partial charge < -0.3 is 5.32 Å². The lowest BCUT2D eigenvalue weighted by atomic mass is 9.93. The first-order valence-electron chi connectivity index (χ1n) is 7.51. The molecule has 0 atom stereocenters. The van der Waals surface area contributed by atoms with Crippen molar-refractivity contribution >= 4 is 22.2 Å². The van der Waals surface area contributed by atoms with Crippen molar-refractivity contribution in [1.82, 2.24) is 4.98 Å². The lowest BCUT2D eigenvalue weighted by Crippen LogP contribution is -1.95. The molecule has 0 radical (unpaired) electrons. The Morgan fingerprint density at radius 3 is 2.35 bits per heavy atom. The standard InChI is InChI=1S/C19H19FN2S/c1-11-9-17(14(4)13(3)12(11)2)18-10-23-19(22-18)21-16-7-5-15(20)6-8-16/h5-10H,1-4H3,(H,21,22). The molecule has 1 heterocycles. The maximum absolute atomic E-state index is 13.0. The fraction of sp³-hybridized carbons (Fsp3) is 0.211. The van der Waals surface area contributed by atoms with Gasteiger partial charge in [0.15, 0.2) is 5.13 Å². The highest BCUT2D eigenvalue weighted by molar-refractivity contribution is 7.14. The van der Waals surface area contributed by atoms with Gasteiger partial charge in [-0.3, -0.25) is 0 Å². The smallest absolute Gasteiger partial charge is 0.187 e. The predicted octanol–water partition coefficient (Wildman–Crippen LogP) is 5.93. The molecule has 3 rings (SSSR count). The number of nitrogens with one attached hydrogen (secondary N) is 1. The Hall–Kier alpha value is -2.20. The molecule has 118 valence electrons. The normalized spacial score (nSPS) is 10.8. The summed E-state index contributed by atoms with van der Waals surface area (Å²) in [5, 5.41) is 6.09. The molecule has 0 saturated carbocycles. The quantitative estimate of drug-likeness (QED) is 0.645. The summed E-state index contributed by atoms with van der Waals surface area (Å²) in [6.07, 6.45) is 0. The van der Waals surface area contributed by atoms with E-state index < -0.39 is 0 Å². The van der Waals surface area contributed by atoms with E-state index in [1.807, 2.05) is 0 Å². The van der Waals surface area contributed by atoms with Gasteiger partial charge in [0.25, 0.3) is 0 Å². The van der Waals surface area contributed by atoms with Crippen molar-refractivity contribution in [3.63, 3.8) is 0 Å². The lowest BCUT2D eigenvalue weighted by Gasteiger charge is -2.12. The van der Waals surface area contributed by atoms with Gasteiger partial charge in [0, 0.05) is 16.6 Å². The minimum Gasteiger partial charge on any atom is -0.332 e. The molecule has 2 aromatic carbocycles. The van der Waals surface area contributed by atoms with Crippen LogP contribution >= 0.6 is 11.3 Å². The number of hydrogen-bond acceptors (Lipinski definition) is 3. The SMILES string of the molecule is Cc1cc(-c2csc(Nc3ccc(F)cc3)n2)c(C)c(C)c1C. The summed E-state index contributed by atoms with van der Waals surface area (Å²) in [6, 6.07) is 8.50. The molecular formula is C19H19FN2S. The second-order valence-corrected chi connectivity index (χ2v) is 6.64. The third kappa shape index (κ3) is 3.13.